The predicted octanol–water partition coefficient (Wildman–Crippen LogP) is 3.36. The van der Waals surface area contributed by atoms with Crippen LogP contribution in [0.5, 0.6) is 0 Å². The van der Waals surface area contributed by atoms with Crippen LogP contribution in [0.3, 0.4) is 0 Å². The zero-order valence-corrected chi connectivity index (χ0v) is 15.9. The van der Waals surface area contributed by atoms with Crippen LogP contribution < -0.4 is 0 Å². The summed E-state index contributed by atoms with van der Waals surface area (Å²) in [5, 5.41) is 4.47. The van der Waals surface area contributed by atoms with E-state index in [9.17, 15) is 13.6 Å². The zero-order chi connectivity index (χ0) is 19.0. The van der Waals surface area contributed by atoms with Crippen LogP contribution in [0.4, 0.5) is 8.78 Å². The summed E-state index contributed by atoms with van der Waals surface area (Å²) in [7, 11) is 0. The van der Waals surface area contributed by atoms with Crippen LogP contribution in [0, 0.1) is 10.8 Å². The first-order chi connectivity index (χ1) is 12.0. The smallest absolute Gasteiger partial charge is 0.263 e. The van der Waals surface area contributed by atoms with E-state index < -0.39 is 17.2 Å². The Morgan fingerprint density at radius 2 is 1.92 bits per heavy atom. The Kier molecular flexibility index (Phi) is 3.63. The van der Waals surface area contributed by atoms with Gasteiger partial charge in [-0.25, -0.2) is 8.78 Å². The van der Waals surface area contributed by atoms with Gasteiger partial charge in [0, 0.05) is 43.4 Å². The lowest BCUT2D eigenvalue weighted by molar-refractivity contribution is -0.177. The molecular formula is C19H27F2N3O2. The fourth-order valence-electron chi connectivity index (χ4n) is 4.46. The molecule has 1 spiro atoms. The van der Waals surface area contributed by atoms with Crippen molar-refractivity contribution < 1.29 is 18.3 Å². The summed E-state index contributed by atoms with van der Waals surface area (Å²) < 4.78 is 35.0. The van der Waals surface area contributed by atoms with Gasteiger partial charge in [0.2, 0.25) is 5.91 Å². The molecule has 2 unspecified atom stereocenters. The molecule has 3 aliphatic rings. The molecule has 3 fully saturated rings. The Labute approximate surface area is 152 Å². The molecule has 1 saturated carbocycles. The van der Waals surface area contributed by atoms with Crippen molar-refractivity contribution in [3.05, 3.63) is 18.0 Å². The summed E-state index contributed by atoms with van der Waals surface area (Å²) in [6.45, 7) is 9.40. The standard InChI is InChI=1S/C19H27F2N3O2/c1-16(2,3)24-10-13(9-22-24)14-18(5-7-26-8-6-18)12-23(14)15(25)17(4)11-19(17,20)21/h9-10,14H,5-8,11-12H2,1-4H3. The van der Waals surface area contributed by atoms with Crippen molar-refractivity contribution in [2.75, 3.05) is 19.8 Å². The fourth-order valence-corrected chi connectivity index (χ4v) is 4.46. The summed E-state index contributed by atoms with van der Waals surface area (Å²) in [6.07, 6.45) is 5.10. The first kappa shape index (κ1) is 17.9. The number of carbonyl (C=O) groups excluding carboxylic acids is 1. The van der Waals surface area contributed by atoms with Crippen molar-refractivity contribution in [1.82, 2.24) is 14.7 Å². The van der Waals surface area contributed by atoms with E-state index in [1.165, 1.54) is 6.92 Å². The van der Waals surface area contributed by atoms with Crippen LogP contribution in [0.2, 0.25) is 0 Å². The number of halogens is 2. The fraction of sp³-hybridized carbons (Fsp3) is 0.789. The topological polar surface area (TPSA) is 47.4 Å². The Balaban J connectivity index is 1.66. The lowest BCUT2D eigenvalue weighted by Crippen LogP contribution is -2.63. The quantitative estimate of drug-likeness (QED) is 0.805. The van der Waals surface area contributed by atoms with Crippen LogP contribution in [-0.2, 0) is 15.1 Å². The van der Waals surface area contributed by atoms with E-state index in [0.717, 1.165) is 18.4 Å². The minimum absolute atomic E-state index is 0.0831. The molecule has 1 amide bonds. The monoisotopic (exact) mass is 367 g/mol. The first-order valence-electron chi connectivity index (χ1n) is 9.32. The van der Waals surface area contributed by atoms with Gasteiger partial charge >= 0.3 is 0 Å². The Morgan fingerprint density at radius 1 is 1.31 bits per heavy atom. The normalized spacial score (nSPS) is 32.4. The van der Waals surface area contributed by atoms with Gasteiger partial charge in [-0.15, -0.1) is 0 Å². The number of ether oxygens (including phenoxy) is 1. The van der Waals surface area contributed by atoms with Crippen LogP contribution in [0.25, 0.3) is 0 Å². The number of aromatic nitrogens is 2. The molecule has 0 N–H and O–H groups in total. The third-order valence-corrected chi connectivity index (χ3v) is 6.46. The van der Waals surface area contributed by atoms with Crippen LogP contribution in [0.15, 0.2) is 12.4 Å². The van der Waals surface area contributed by atoms with Crippen molar-refractivity contribution in [2.24, 2.45) is 10.8 Å². The summed E-state index contributed by atoms with van der Waals surface area (Å²) >= 11 is 0. The van der Waals surface area contributed by atoms with E-state index in [-0.39, 0.29) is 23.4 Å². The van der Waals surface area contributed by atoms with Crippen LogP contribution in [0.1, 0.15) is 58.6 Å². The second kappa shape index (κ2) is 5.27. The molecule has 3 heterocycles. The molecule has 1 aromatic heterocycles. The highest BCUT2D eigenvalue weighted by Crippen LogP contribution is 2.64. The average Bonchev–Trinajstić information content (AvgIpc) is 2.88. The van der Waals surface area contributed by atoms with Crippen molar-refractivity contribution in [3.8, 4) is 0 Å². The number of hydrogen-bond donors (Lipinski definition) is 0. The van der Waals surface area contributed by atoms with Gasteiger partial charge in [0.05, 0.1) is 17.8 Å². The number of rotatable bonds is 2. The van der Waals surface area contributed by atoms with E-state index in [1.54, 1.807) is 11.1 Å². The first-order valence-corrected chi connectivity index (χ1v) is 9.32. The lowest BCUT2D eigenvalue weighted by atomic mass is 9.64. The molecule has 7 heteroatoms. The molecule has 2 saturated heterocycles. The number of hydrogen-bond acceptors (Lipinski definition) is 3. The van der Waals surface area contributed by atoms with Crippen molar-refractivity contribution in [2.45, 2.75) is 64.5 Å². The molecule has 0 bridgehead atoms. The highest BCUT2D eigenvalue weighted by atomic mass is 19.3. The number of alkyl halides is 2. The van der Waals surface area contributed by atoms with Gasteiger partial charge < -0.3 is 9.64 Å². The Morgan fingerprint density at radius 3 is 2.42 bits per heavy atom. The summed E-state index contributed by atoms with van der Waals surface area (Å²) in [5.74, 6) is -3.31. The van der Waals surface area contributed by atoms with Gasteiger partial charge in [-0.1, -0.05) is 0 Å². The molecule has 2 aliphatic heterocycles. The van der Waals surface area contributed by atoms with Gasteiger partial charge in [-0.05, 0) is 40.5 Å². The molecule has 1 aromatic rings. The summed E-state index contributed by atoms with van der Waals surface area (Å²) in [6, 6.07) is -0.191. The maximum Gasteiger partial charge on any atom is 0.263 e. The molecule has 5 nitrogen and oxygen atoms in total. The maximum absolute atomic E-state index is 13.8. The Hall–Kier alpha value is -1.50. The van der Waals surface area contributed by atoms with Gasteiger partial charge in [0.15, 0.2) is 0 Å². The molecule has 144 valence electrons. The minimum Gasteiger partial charge on any atom is -0.381 e. The summed E-state index contributed by atoms with van der Waals surface area (Å²) in [4.78, 5) is 14.6. The maximum atomic E-state index is 13.8. The van der Waals surface area contributed by atoms with E-state index in [1.807, 2.05) is 10.9 Å². The van der Waals surface area contributed by atoms with Crippen LogP contribution >= 0.6 is 0 Å². The SMILES string of the molecule is CC(C)(C)n1cc(C2N(C(=O)C3(C)CC3(F)F)CC23CCOCC3)cn1. The third-order valence-electron chi connectivity index (χ3n) is 6.46. The second-order valence-electron chi connectivity index (χ2n) is 9.41. The average molecular weight is 367 g/mol. The van der Waals surface area contributed by atoms with E-state index in [0.29, 0.717) is 19.8 Å². The minimum atomic E-state index is -2.89. The highest BCUT2D eigenvalue weighted by Gasteiger charge is 2.75. The number of nitrogens with zero attached hydrogens (tertiary/aromatic N) is 3. The lowest BCUT2D eigenvalue weighted by Gasteiger charge is -2.59. The highest BCUT2D eigenvalue weighted by molar-refractivity contribution is 5.88. The zero-order valence-electron chi connectivity index (χ0n) is 15.9. The molecule has 2 atom stereocenters. The molecule has 1 aliphatic carbocycles. The van der Waals surface area contributed by atoms with Crippen molar-refractivity contribution in [1.29, 1.82) is 0 Å². The molecule has 0 aromatic carbocycles. The molecule has 26 heavy (non-hydrogen) atoms. The second-order valence-corrected chi connectivity index (χ2v) is 9.41. The number of amides is 1. The van der Waals surface area contributed by atoms with E-state index in [2.05, 4.69) is 25.9 Å². The van der Waals surface area contributed by atoms with Crippen LogP contribution in [-0.4, -0.2) is 46.3 Å². The third kappa shape index (κ3) is 2.42. The molecule has 0 radical (unpaired) electrons. The van der Waals surface area contributed by atoms with Gasteiger partial charge in [0.25, 0.3) is 5.92 Å². The predicted molar refractivity (Wildman–Crippen MR) is 91.8 cm³/mol. The summed E-state index contributed by atoms with van der Waals surface area (Å²) in [5.41, 5.74) is -0.859. The van der Waals surface area contributed by atoms with Crippen molar-refractivity contribution >= 4 is 5.91 Å². The molecular weight excluding hydrogens is 340 g/mol. The Bertz CT molecular complexity index is 733. The van der Waals surface area contributed by atoms with Crippen molar-refractivity contribution in [3.63, 3.8) is 0 Å². The van der Waals surface area contributed by atoms with E-state index in [4.69, 9.17) is 4.74 Å². The largest absolute Gasteiger partial charge is 0.381 e. The van der Waals surface area contributed by atoms with E-state index >= 15 is 0 Å². The van der Waals surface area contributed by atoms with Gasteiger partial charge in [-0.3, -0.25) is 9.48 Å². The number of likely N-dealkylation sites (tertiary alicyclic amines) is 1. The molecule has 4 rings (SSSR count). The number of carbonyl (C=O) groups is 1. The van der Waals surface area contributed by atoms with Gasteiger partial charge in [0.1, 0.15) is 5.41 Å². The van der Waals surface area contributed by atoms with Gasteiger partial charge in [-0.2, -0.15) is 5.10 Å².